The second kappa shape index (κ2) is 7.04. The molecule has 0 saturated heterocycles. The summed E-state index contributed by atoms with van der Waals surface area (Å²) in [5, 5.41) is 16.6. The van der Waals surface area contributed by atoms with Gasteiger partial charge in [-0.1, -0.05) is 32.0 Å². The van der Waals surface area contributed by atoms with Crippen LogP contribution in [0, 0.1) is 5.92 Å². The minimum atomic E-state index is -0.806. The maximum absolute atomic E-state index is 11.2. The Kier molecular flexibility index (Phi) is 5.11. The van der Waals surface area contributed by atoms with E-state index in [1.165, 1.54) is 0 Å². The number of nitrogens with zero attached hydrogens (tertiary/aromatic N) is 2. The van der Waals surface area contributed by atoms with Gasteiger partial charge in [-0.3, -0.25) is 4.79 Å². The average molecular weight is 287 g/mol. The van der Waals surface area contributed by atoms with Gasteiger partial charge in [0.1, 0.15) is 6.04 Å². The van der Waals surface area contributed by atoms with Crippen LogP contribution in [0.25, 0.3) is 5.69 Å². The molecule has 0 aliphatic carbocycles. The van der Waals surface area contributed by atoms with Crippen LogP contribution in [0.3, 0.4) is 0 Å². The van der Waals surface area contributed by atoms with Crippen LogP contribution in [0.15, 0.2) is 42.7 Å². The van der Waals surface area contributed by atoms with E-state index in [1.54, 1.807) is 10.9 Å². The molecule has 0 fully saturated rings. The van der Waals surface area contributed by atoms with E-state index in [4.69, 9.17) is 0 Å². The van der Waals surface area contributed by atoms with Crippen molar-refractivity contribution in [3.63, 3.8) is 0 Å². The highest BCUT2D eigenvalue weighted by molar-refractivity contribution is 5.73. The van der Waals surface area contributed by atoms with Gasteiger partial charge in [0.25, 0.3) is 0 Å². The molecule has 1 aromatic carbocycles. The molecule has 112 valence electrons. The Morgan fingerprint density at radius 2 is 2.05 bits per heavy atom. The molecule has 21 heavy (non-hydrogen) atoms. The van der Waals surface area contributed by atoms with Crippen LogP contribution in [0.5, 0.6) is 0 Å². The number of hydrogen-bond donors (Lipinski definition) is 2. The van der Waals surface area contributed by atoms with Crippen molar-refractivity contribution in [2.45, 2.75) is 32.9 Å². The lowest BCUT2D eigenvalue weighted by Crippen LogP contribution is -2.37. The van der Waals surface area contributed by atoms with Crippen molar-refractivity contribution in [2.75, 3.05) is 0 Å². The van der Waals surface area contributed by atoms with Gasteiger partial charge < -0.3 is 10.4 Å². The molecule has 2 rings (SSSR count). The summed E-state index contributed by atoms with van der Waals surface area (Å²) in [7, 11) is 0. The number of carboxylic acids is 1. The van der Waals surface area contributed by atoms with Gasteiger partial charge in [0.05, 0.1) is 11.9 Å². The monoisotopic (exact) mass is 287 g/mol. The van der Waals surface area contributed by atoms with Gasteiger partial charge in [-0.15, -0.1) is 0 Å². The van der Waals surface area contributed by atoms with Crippen LogP contribution in [-0.4, -0.2) is 26.9 Å². The number of carboxylic acid groups (broad SMARTS) is 1. The van der Waals surface area contributed by atoms with Crippen molar-refractivity contribution >= 4 is 5.97 Å². The lowest BCUT2D eigenvalue weighted by Gasteiger charge is -2.15. The lowest BCUT2D eigenvalue weighted by molar-refractivity contribution is -0.140. The first kappa shape index (κ1) is 15.3. The molecule has 0 saturated carbocycles. The maximum atomic E-state index is 11.2. The molecule has 0 radical (unpaired) electrons. The number of aliphatic carboxylic acids is 1. The Morgan fingerprint density at radius 1 is 1.33 bits per heavy atom. The number of rotatable bonds is 7. The summed E-state index contributed by atoms with van der Waals surface area (Å²) in [6.45, 7) is 4.53. The van der Waals surface area contributed by atoms with E-state index in [1.807, 2.05) is 50.4 Å². The Labute approximate surface area is 124 Å². The van der Waals surface area contributed by atoms with Crippen LogP contribution in [-0.2, 0) is 11.3 Å². The average Bonchev–Trinajstić information content (AvgIpc) is 2.92. The topological polar surface area (TPSA) is 67.2 Å². The van der Waals surface area contributed by atoms with Crippen LogP contribution in [0.4, 0.5) is 0 Å². The number of nitrogens with one attached hydrogen (secondary N) is 1. The molecule has 0 bridgehead atoms. The van der Waals surface area contributed by atoms with Gasteiger partial charge in [-0.2, -0.15) is 5.10 Å². The molecule has 1 atom stereocenters. The molecule has 2 N–H and O–H groups in total. The summed E-state index contributed by atoms with van der Waals surface area (Å²) in [4.78, 5) is 11.2. The zero-order chi connectivity index (χ0) is 15.2. The molecular formula is C16H21N3O2. The van der Waals surface area contributed by atoms with Crippen LogP contribution < -0.4 is 5.32 Å². The first-order chi connectivity index (χ1) is 10.1. The van der Waals surface area contributed by atoms with E-state index in [0.717, 1.165) is 11.3 Å². The highest BCUT2D eigenvalue weighted by Gasteiger charge is 2.18. The molecule has 0 spiro atoms. The number of aromatic nitrogens is 2. The fourth-order valence-corrected chi connectivity index (χ4v) is 2.16. The smallest absolute Gasteiger partial charge is 0.320 e. The SMILES string of the molecule is CC(C)C[C@H](NCc1cnn(-c2ccccc2)c1)C(=O)O. The third-order valence-corrected chi connectivity index (χ3v) is 3.21. The Morgan fingerprint density at radius 3 is 2.67 bits per heavy atom. The highest BCUT2D eigenvalue weighted by Crippen LogP contribution is 2.09. The zero-order valence-corrected chi connectivity index (χ0v) is 12.4. The normalized spacial score (nSPS) is 12.5. The van der Waals surface area contributed by atoms with Gasteiger partial charge in [-0.25, -0.2) is 4.68 Å². The highest BCUT2D eigenvalue weighted by atomic mass is 16.4. The van der Waals surface area contributed by atoms with Crippen molar-refractivity contribution < 1.29 is 9.90 Å². The van der Waals surface area contributed by atoms with Crippen molar-refractivity contribution in [2.24, 2.45) is 5.92 Å². The summed E-state index contributed by atoms with van der Waals surface area (Å²) < 4.78 is 1.79. The standard InChI is InChI=1S/C16H21N3O2/c1-12(2)8-15(16(20)21)17-9-13-10-18-19(11-13)14-6-4-3-5-7-14/h3-7,10-12,15,17H,8-9H2,1-2H3,(H,20,21)/t15-/m0/s1. The van der Waals surface area contributed by atoms with E-state index in [-0.39, 0.29) is 0 Å². The van der Waals surface area contributed by atoms with E-state index < -0.39 is 12.0 Å². The van der Waals surface area contributed by atoms with Gasteiger partial charge in [0.15, 0.2) is 0 Å². The van der Waals surface area contributed by atoms with Crippen molar-refractivity contribution in [3.05, 3.63) is 48.3 Å². The van der Waals surface area contributed by atoms with E-state index in [9.17, 15) is 9.90 Å². The molecular weight excluding hydrogens is 266 g/mol. The van der Waals surface area contributed by atoms with Crippen LogP contribution >= 0.6 is 0 Å². The summed E-state index contributed by atoms with van der Waals surface area (Å²) in [6.07, 6.45) is 4.28. The summed E-state index contributed by atoms with van der Waals surface area (Å²) >= 11 is 0. The molecule has 5 nitrogen and oxygen atoms in total. The molecule has 0 unspecified atom stereocenters. The second-order valence-electron chi connectivity index (χ2n) is 5.53. The van der Waals surface area contributed by atoms with Crippen molar-refractivity contribution in [3.8, 4) is 5.69 Å². The fourth-order valence-electron chi connectivity index (χ4n) is 2.16. The molecule has 5 heteroatoms. The number of carbonyl (C=O) groups is 1. The van der Waals surface area contributed by atoms with Gasteiger partial charge in [0, 0.05) is 18.3 Å². The van der Waals surface area contributed by atoms with E-state index in [2.05, 4.69) is 10.4 Å². The summed E-state index contributed by atoms with van der Waals surface area (Å²) in [5.41, 5.74) is 1.95. The van der Waals surface area contributed by atoms with E-state index in [0.29, 0.717) is 18.9 Å². The van der Waals surface area contributed by atoms with Crippen LogP contribution in [0.1, 0.15) is 25.8 Å². The Hall–Kier alpha value is -2.14. The Balaban J connectivity index is 1.98. The van der Waals surface area contributed by atoms with Gasteiger partial charge in [0.2, 0.25) is 0 Å². The predicted octanol–water partition coefficient (Wildman–Crippen LogP) is 2.46. The Bertz CT molecular complexity index is 578. The minimum Gasteiger partial charge on any atom is -0.480 e. The third kappa shape index (κ3) is 4.43. The minimum absolute atomic E-state index is 0.339. The molecule has 1 aromatic heterocycles. The summed E-state index contributed by atoms with van der Waals surface area (Å²) in [5.74, 6) is -0.468. The lowest BCUT2D eigenvalue weighted by atomic mass is 10.0. The number of benzene rings is 1. The van der Waals surface area contributed by atoms with Crippen LogP contribution in [0.2, 0.25) is 0 Å². The first-order valence-electron chi connectivity index (χ1n) is 7.11. The summed E-state index contributed by atoms with van der Waals surface area (Å²) in [6, 6.07) is 9.30. The molecule has 1 heterocycles. The van der Waals surface area contributed by atoms with Crippen molar-refractivity contribution in [1.29, 1.82) is 0 Å². The quantitative estimate of drug-likeness (QED) is 0.821. The number of para-hydroxylation sites is 1. The van der Waals surface area contributed by atoms with E-state index >= 15 is 0 Å². The fraction of sp³-hybridized carbons (Fsp3) is 0.375. The van der Waals surface area contributed by atoms with Gasteiger partial charge in [-0.05, 0) is 24.5 Å². The van der Waals surface area contributed by atoms with Crippen molar-refractivity contribution in [1.82, 2.24) is 15.1 Å². The molecule has 2 aromatic rings. The first-order valence-corrected chi connectivity index (χ1v) is 7.11. The zero-order valence-electron chi connectivity index (χ0n) is 12.4. The molecule has 0 aliphatic heterocycles. The second-order valence-corrected chi connectivity index (χ2v) is 5.53. The number of hydrogen-bond acceptors (Lipinski definition) is 3. The third-order valence-electron chi connectivity index (χ3n) is 3.21. The van der Waals surface area contributed by atoms with Gasteiger partial charge >= 0.3 is 5.97 Å². The molecule has 0 aliphatic rings. The molecule has 0 amide bonds. The largest absolute Gasteiger partial charge is 0.480 e. The maximum Gasteiger partial charge on any atom is 0.320 e. The predicted molar refractivity (Wildman–Crippen MR) is 81.3 cm³/mol.